The molecule has 0 bridgehead atoms. The van der Waals surface area contributed by atoms with Gasteiger partial charge in [0.2, 0.25) is 11.8 Å². The first-order valence-corrected chi connectivity index (χ1v) is 6.92. The molecule has 5 nitrogen and oxygen atoms in total. The molecule has 0 radical (unpaired) electrons. The van der Waals surface area contributed by atoms with Gasteiger partial charge in [0.1, 0.15) is 6.61 Å². The van der Waals surface area contributed by atoms with Gasteiger partial charge in [0.25, 0.3) is 0 Å². The number of hydrogen-bond acceptors (Lipinski definition) is 3. The molecule has 0 spiro atoms. The summed E-state index contributed by atoms with van der Waals surface area (Å²) in [5.74, 6) is -0.271. The van der Waals surface area contributed by atoms with Crippen LogP contribution in [0.15, 0.2) is 30.3 Å². The van der Waals surface area contributed by atoms with E-state index in [1.165, 1.54) is 0 Å². The average Bonchev–Trinajstić information content (AvgIpc) is 3.00. The molecule has 0 saturated carbocycles. The molecule has 2 rings (SSSR count). The molecule has 1 aliphatic rings. The van der Waals surface area contributed by atoms with Gasteiger partial charge in [0.05, 0.1) is 13.2 Å². The van der Waals surface area contributed by atoms with Crippen molar-refractivity contribution in [3.8, 4) is 0 Å². The third-order valence-corrected chi connectivity index (χ3v) is 3.24. The van der Waals surface area contributed by atoms with Crippen LogP contribution in [0.3, 0.4) is 0 Å². The molecular formula is C15H20N2O3. The molecule has 0 atom stereocenters. The van der Waals surface area contributed by atoms with Crippen molar-refractivity contribution in [2.45, 2.75) is 19.4 Å². The molecule has 1 aromatic rings. The normalized spacial score (nSPS) is 14.3. The van der Waals surface area contributed by atoms with Crippen LogP contribution in [0.5, 0.6) is 0 Å². The summed E-state index contributed by atoms with van der Waals surface area (Å²) in [5.41, 5.74) is 1.02. The number of carbonyl (C=O) groups excluding carboxylic acids is 2. The van der Waals surface area contributed by atoms with E-state index < -0.39 is 0 Å². The molecular weight excluding hydrogens is 256 g/mol. The number of nitrogens with one attached hydrogen (secondary N) is 1. The molecule has 1 heterocycles. The Balaban J connectivity index is 1.59. The summed E-state index contributed by atoms with van der Waals surface area (Å²) in [6.45, 7) is 2.04. The van der Waals surface area contributed by atoms with Crippen molar-refractivity contribution in [3.63, 3.8) is 0 Å². The van der Waals surface area contributed by atoms with Crippen molar-refractivity contribution >= 4 is 11.8 Å². The Kier molecular flexibility index (Phi) is 5.55. The van der Waals surface area contributed by atoms with E-state index in [1.807, 2.05) is 30.3 Å². The summed E-state index contributed by atoms with van der Waals surface area (Å²) in [7, 11) is 0. The van der Waals surface area contributed by atoms with E-state index in [-0.39, 0.29) is 25.0 Å². The molecule has 2 amide bonds. The number of hydrogen-bond donors (Lipinski definition) is 1. The van der Waals surface area contributed by atoms with Crippen LogP contribution in [-0.2, 0) is 20.9 Å². The van der Waals surface area contributed by atoms with Crippen LogP contribution in [0.2, 0.25) is 0 Å². The standard InChI is InChI=1S/C15H20N2O3/c18-14(12-20-11-13-6-2-1-3-7-13)16-10-15(19)17-8-4-5-9-17/h1-3,6-7H,4-5,8-12H2,(H,16,18). The molecule has 20 heavy (non-hydrogen) atoms. The van der Waals surface area contributed by atoms with Crippen LogP contribution >= 0.6 is 0 Å². The molecule has 1 aliphatic heterocycles. The number of carbonyl (C=O) groups is 2. The lowest BCUT2D eigenvalue weighted by atomic mass is 10.2. The van der Waals surface area contributed by atoms with Crippen LogP contribution < -0.4 is 5.32 Å². The van der Waals surface area contributed by atoms with E-state index >= 15 is 0 Å². The SMILES string of the molecule is O=C(COCc1ccccc1)NCC(=O)N1CCCC1. The van der Waals surface area contributed by atoms with E-state index in [9.17, 15) is 9.59 Å². The van der Waals surface area contributed by atoms with Crippen molar-refractivity contribution in [3.05, 3.63) is 35.9 Å². The molecule has 1 aromatic carbocycles. The Morgan fingerprint density at radius 1 is 1.15 bits per heavy atom. The van der Waals surface area contributed by atoms with E-state index in [2.05, 4.69) is 5.32 Å². The number of likely N-dealkylation sites (tertiary alicyclic amines) is 1. The lowest BCUT2D eigenvalue weighted by Crippen LogP contribution is -2.39. The summed E-state index contributed by atoms with van der Waals surface area (Å²) in [6, 6.07) is 9.66. The Labute approximate surface area is 118 Å². The zero-order valence-electron chi connectivity index (χ0n) is 11.5. The summed E-state index contributed by atoms with van der Waals surface area (Å²) in [6.07, 6.45) is 2.11. The average molecular weight is 276 g/mol. The maximum atomic E-state index is 11.7. The summed E-state index contributed by atoms with van der Waals surface area (Å²) in [5, 5.41) is 2.59. The fourth-order valence-corrected chi connectivity index (χ4v) is 2.14. The van der Waals surface area contributed by atoms with Crippen LogP contribution in [-0.4, -0.2) is 43.0 Å². The minimum atomic E-state index is -0.256. The van der Waals surface area contributed by atoms with Crippen LogP contribution in [0.25, 0.3) is 0 Å². The van der Waals surface area contributed by atoms with Gasteiger partial charge in [-0.1, -0.05) is 30.3 Å². The molecule has 1 N–H and O–H groups in total. The fourth-order valence-electron chi connectivity index (χ4n) is 2.14. The van der Waals surface area contributed by atoms with Gasteiger partial charge < -0.3 is 15.0 Å². The Morgan fingerprint density at radius 3 is 2.55 bits per heavy atom. The van der Waals surface area contributed by atoms with Gasteiger partial charge in [-0.3, -0.25) is 9.59 Å². The van der Waals surface area contributed by atoms with E-state index in [1.54, 1.807) is 4.90 Å². The fraction of sp³-hybridized carbons (Fsp3) is 0.467. The van der Waals surface area contributed by atoms with Crippen molar-refractivity contribution in [1.29, 1.82) is 0 Å². The molecule has 0 aromatic heterocycles. The number of ether oxygens (including phenoxy) is 1. The topological polar surface area (TPSA) is 58.6 Å². The van der Waals surface area contributed by atoms with Crippen molar-refractivity contribution in [1.82, 2.24) is 10.2 Å². The number of benzene rings is 1. The van der Waals surface area contributed by atoms with Gasteiger partial charge in [-0.15, -0.1) is 0 Å². The zero-order valence-corrected chi connectivity index (χ0v) is 11.5. The van der Waals surface area contributed by atoms with Gasteiger partial charge in [0, 0.05) is 13.1 Å². The second-order valence-electron chi connectivity index (χ2n) is 4.84. The maximum Gasteiger partial charge on any atom is 0.246 e. The van der Waals surface area contributed by atoms with Crippen molar-refractivity contribution in [2.24, 2.45) is 0 Å². The molecule has 5 heteroatoms. The highest BCUT2D eigenvalue weighted by atomic mass is 16.5. The van der Waals surface area contributed by atoms with E-state index in [0.717, 1.165) is 31.5 Å². The second kappa shape index (κ2) is 7.65. The highest BCUT2D eigenvalue weighted by Crippen LogP contribution is 2.06. The first-order valence-electron chi connectivity index (χ1n) is 6.92. The minimum absolute atomic E-state index is 0.0149. The molecule has 108 valence electrons. The third-order valence-electron chi connectivity index (χ3n) is 3.24. The lowest BCUT2D eigenvalue weighted by molar-refractivity contribution is -0.133. The van der Waals surface area contributed by atoms with Crippen LogP contribution in [0.4, 0.5) is 0 Å². The van der Waals surface area contributed by atoms with Gasteiger partial charge in [-0.25, -0.2) is 0 Å². The van der Waals surface area contributed by atoms with Crippen molar-refractivity contribution in [2.75, 3.05) is 26.2 Å². The van der Waals surface area contributed by atoms with Crippen LogP contribution in [0.1, 0.15) is 18.4 Å². The van der Waals surface area contributed by atoms with Crippen molar-refractivity contribution < 1.29 is 14.3 Å². The highest BCUT2D eigenvalue weighted by Gasteiger charge is 2.17. The Morgan fingerprint density at radius 2 is 1.85 bits per heavy atom. The van der Waals surface area contributed by atoms with Gasteiger partial charge in [0.15, 0.2) is 0 Å². The predicted molar refractivity (Wildman–Crippen MR) is 74.9 cm³/mol. The smallest absolute Gasteiger partial charge is 0.246 e. The molecule has 1 saturated heterocycles. The van der Waals surface area contributed by atoms with Crippen LogP contribution in [0, 0.1) is 0 Å². The first kappa shape index (κ1) is 14.5. The third kappa shape index (κ3) is 4.66. The summed E-state index contributed by atoms with van der Waals surface area (Å²) < 4.78 is 5.30. The lowest BCUT2D eigenvalue weighted by Gasteiger charge is -2.15. The maximum absolute atomic E-state index is 11.7. The second-order valence-corrected chi connectivity index (χ2v) is 4.84. The largest absolute Gasteiger partial charge is 0.367 e. The molecule has 0 unspecified atom stereocenters. The minimum Gasteiger partial charge on any atom is -0.367 e. The Hall–Kier alpha value is -1.88. The van der Waals surface area contributed by atoms with Gasteiger partial charge >= 0.3 is 0 Å². The number of nitrogens with zero attached hydrogens (tertiary/aromatic N) is 1. The first-order chi connectivity index (χ1) is 9.75. The predicted octanol–water partition coefficient (Wildman–Crippen LogP) is 0.942. The molecule has 0 aliphatic carbocycles. The Bertz CT molecular complexity index is 442. The summed E-state index contributed by atoms with van der Waals surface area (Å²) in [4.78, 5) is 25.0. The molecule has 1 fully saturated rings. The summed E-state index contributed by atoms with van der Waals surface area (Å²) >= 11 is 0. The van der Waals surface area contributed by atoms with E-state index in [4.69, 9.17) is 4.74 Å². The number of rotatable bonds is 6. The van der Waals surface area contributed by atoms with Gasteiger partial charge in [-0.2, -0.15) is 0 Å². The highest BCUT2D eigenvalue weighted by molar-refractivity contribution is 5.85. The van der Waals surface area contributed by atoms with E-state index in [0.29, 0.717) is 6.61 Å². The monoisotopic (exact) mass is 276 g/mol. The quantitative estimate of drug-likeness (QED) is 0.841. The van der Waals surface area contributed by atoms with Gasteiger partial charge in [-0.05, 0) is 18.4 Å². The zero-order chi connectivity index (χ0) is 14.2. The number of amides is 2.